The number of rotatable bonds is 3. The molecule has 0 N–H and O–H groups in total. The Kier molecular flexibility index (Phi) is 2.98. The first-order chi connectivity index (χ1) is 7.21. The molecular formula is C11H19NO3. The van der Waals surface area contributed by atoms with Gasteiger partial charge in [-0.1, -0.05) is 0 Å². The van der Waals surface area contributed by atoms with Crippen LogP contribution in [0.2, 0.25) is 0 Å². The normalized spacial score (nSPS) is 25.3. The Bertz CT molecular complexity index is 236. The van der Waals surface area contributed by atoms with Crippen molar-refractivity contribution in [2.24, 2.45) is 5.92 Å². The van der Waals surface area contributed by atoms with E-state index in [1.54, 1.807) is 14.2 Å². The smallest absolute Gasteiger partial charge is 0.225 e. The molecule has 0 aromatic heterocycles. The molecule has 1 saturated carbocycles. The van der Waals surface area contributed by atoms with Crippen molar-refractivity contribution in [2.75, 3.05) is 27.3 Å². The van der Waals surface area contributed by atoms with E-state index in [0.29, 0.717) is 11.8 Å². The highest BCUT2D eigenvalue weighted by Gasteiger charge is 2.39. The monoisotopic (exact) mass is 213 g/mol. The average molecular weight is 213 g/mol. The van der Waals surface area contributed by atoms with Crippen LogP contribution in [0.5, 0.6) is 0 Å². The molecule has 1 amide bonds. The third kappa shape index (κ3) is 2.16. The van der Waals surface area contributed by atoms with Crippen molar-refractivity contribution in [2.45, 2.75) is 31.5 Å². The number of methoxy groups -OCH3 is 2. The Morgan fingerprint density at radius 2 is 1.73 bits per heavy atom. The maximum absolute atomic E-state index is 11.8. The topological polar surface area (TPSA) is 38.8 Å². The Balaban J connectivity index is 1.87. The van der Waals surface area contributed by atoms with Crippen LogP contribution in [-0.2, 0) is 14.3 Å². The summed E-state index contributed by atoms with van der Waals surface area (Å²) < 4.78 is 10.7. The summed E-state index contributed by atoms with van der Waals surface area (Å²) in [5.74, 6) is 0.193. The quantitative estimate of drug-likeness (QED) is 0.657. The summed E-state index contributed by atoms with van der Waals surface area (Å²) in [6.45, 7) is 1.52. The summed E-state index contributed by atoms with van der Waals surface area (Å²) in [6.07, 6.45) is 3.71. The van der Waals surface area contributed by atoms with Gasteiger partial charge in [0.05, 0.1) is 0 Å². The predicted molar refractivity (Wildman–Crippen MR) is 55.3 cm³/mol. The summed E-state index contributed by atoms with van der Waals surface area (Å²) in [5.41, 5.74) is 0. The van der Waals surface area contributed by atoms with Crippen molar-refractivity contribution in [3.8, 4) is 0 Å². The van der Waals surface area contributed by atoms with Gasteiger partial charge in [0.15, 0.2) is 5.79 Å². The standard InChI is InChI=1S/C11H19NO3/c1-14-11(15-2)5-7-12(8-6-11)10(13)9-3-4-9/h9H,3-8H2,1-2H3. The molecule has 1 aliphatic carbocycles. The van der Waals surface area contributed by atoms with Crippen molar-refractivity contribution in [1.82, 2.24) is 4.90 Å². The fraction of sp³-hybridized carbons (Fsp3) is 0.909. The Morgan fingerprint density at radius 1 is 1.20 bits per heavy atom. The van der Waals surface area contributed by atoms with Crippen molar-refractivity contribution < 1.29 is 14.3 Å². The van der Waals surface area contributed by atoms with Crippen LogP contribution >= 0.6 is 0 Å². The second kappa shape index (κ2) is 4.10. The molecular weight excluding hydrogens is 194 g/mol. The number of amides is 1. The number of nitrogens with zero attached hydrogens (tertiary/aromatic N) is 1. The van der Waals surface area contributed by atoms with Crippen LogP contribution in [0.15, 0.2) is 0 Å². The van der Waals surface area contributed by atoms with Gasteiger partial charge in [0.1, 0.15) is 0 Å². The molecule has 0 aromatic rings. The fourth-order valence-electron chi connectivity index (χ4n) is 2.15. The Labute approximate surface area is 90.5 Å². The van der Waals surface area contributed by atoms with E-state index in [4.69, 9.17) is 9.47 Å². The second-order valence-electron chi connectivity index (χ2n) is 4.42. The van der Waals surface area contributed by atoms with Gasteiger partial charge in [0.2, 0.25) is 5.91 Å². The minimum Gasteiger partial charge on any atom is -0.353 e. The van der Waals surface area contributed by atoms with E-state index < -0.39 is 5.79 Å². The molecule has 1 aliphatic heterocycles. The molecule has 0 spiro atoms. The minimum atomic E-state index is -0.458. The van der Waals surface area contributed by atoms with Gasteiger partial charge in [-0.3, -0.25) is 4.79 Å². The van der Waals surface area contributed by atoms with E-state index in [-0.39, 0.29) is 0 Å². The van der Waals surface area contributed by atoms with E-state index in [2.05, 4.69) is 0 Å². The third-order valence-corrected chi connectivity index (χ3v) is 3.51. The van der Waals surface area contributed by atoms with Crippen LogP contribution in [0.25, 0.3) is 0 Å². The maximum atomic E-state index is 11.8. The summed E-state index contributed by atoms with van der Waals surface area (Å²) in [7, 11) is 3.34. The van der Waals surface area contributed by atoms with Crippen LogP contribution in [0, 0.1) is 5.92 Å². The van der Waals surface area contributed by atoms with E-state index in [9.17, 15) is 4.79 Å². The first-order valence-corrected chi connectivity index (χ1v) is 5.60. The van der Waals surface area contributed by atoms with Gasteiger partial charge in [0, 0.05) is 46.1 Å². The average Bonchev–Trinajstić information content (AvgIpc) is 3.12. The van der Waals surface area contributed by atoms with Crippen LogP contribution in [0.3, 0.4) is 0 Å². The zero-order valence-electron chi connectivity index (χ0n) is 9.49. The van der Waals surface area contributed by atoms with Crippen LogP contribution in [-0.4, -0.2) is 43.9 Å². The van der Waals surface area contributed by atoms with E-state index >= 15 is 0 Å². The number of ether oxygens (including phenoxy) is 2. The van der Waals surface area contributed by atoms with Gasteiger partial charge < -0.3 is 14.4 Å². The lowest BCUT2D eigenvalue weighted by atomic mass is 10.0. The molecule has 1 heterocycles. The van der Waals surface area contributed by atoms with Crippen molar-refractivity contribution in [3.63, 3.8) is 0 Å². The molecule has 2 rings (SSSR count). The summed E-state index contributed by atoms with van der Waals surface area (Å²) in [5, 5.41) is 0. The molecule has 15 heavy (non-hydrogen) atoms. The lowest BCUT2D eigenvalue weighted by molar-refractivity contribution is -0.228. The highest BCUT2D eigenvalue weighted by atomic mass is 16.7. The van der Waals surface area contributed by atoms with E-state index in [0.717, 1.165) is 38.8 Å². The second-order valence-corrected chi connectivity index (χ2v) is 4.42. The molecule has 86 valence electrons. The first kappa shape index (κ1) is 10.9. The molecule has 4 heteroatoms. The summed E-state index contributed by atoms with van der Waals surface area (Å²) in [6, 6.07) is 0. The number of likely N-dealkylation sites (tertiary alicyclic amines) is 1. The van der Waals surface area contributed by atoms with Crippen LogP contribution < -0.4 is 0 Å². The lowest BCUT2D eigenvalue weighted by Gasteiger charge is -2.39. The summed E-state index contributed by atoms with van der Waals surface area (Å²) >= 11 is 0. The highest BCUT2D eigenvalue weighted by molar-refractivity contribution is 5.81. The molecule has 0 aromatic carbocycles. The van der Waals surface area contributed by atoms with Crippen LogP contribution in [0.1, 0.15) is 25.7 Å². The Morgan fingerprint density at radius 3 is 2.13 bits per heavy atom. The molecule has 0 atom stereocenters. The molecule has 0 bridgehead atoms. The van der Waals surface area contributed by atoms with Gasteiger partial charge in [-0.15, -0.1) is 0 Å². The molecule has 2 fully saturated rings. The lowest BCUT2D eigenvalue weighted by Crippen LogP contribution is -2.49. The van der Waals surface area contributed by atoms with Crippen molar-refractivity contribution in [1.29, 1.82) is 0 Å². The molecule has 0 radical (unpaired) electrons. The van der Waals surface area contributed by atoms with Crippen molar-refractivity contribution >= 4 is 5.91 Å². The third-order valence-electron chi connectivity index (χ3n) is 3.51. The van der Waals surface area contributed by atoms with Gasteiger partial charge in [-0.25, -0.2) is 0 Å². The van der Waals surface area contributed by atoms with Crippen molar-refractivity contribution in [3.05, 3.63) is 0 Å². The van der Waals surface area contributed by atoms with Gasteiger partial charge in [-0.05, 0) is 12.8 Å². The number of hydrogen-bond donors (Lipinski definition) is 0. The fourth-order valence-corrected chi connectivity index (χ4v) is 2.15. The summed E-state index contributed by atoms with van der Waals surface area (Å²) in [4.78, 5) is 13.7. The first-order valence-electron chi connectivity index (χ1n) is 5.60. The molecule has 4 nitrogen and oxygen atoms in total. The van der Waals surface area contributed by atoms with Gasteiger partial charge in [-0.2, -0.15) is 0 Å². The maximum Gasteiger partial charge on any atom is 0.225 e. The highest BCUT2D eigenvalue weighted by Crippen LogP contribution is 2.33. The van der Waals surface area contributed by atoms with Gasteiger partial charge >= 0.3 is 0 Å². The van der Waals surface area contributed by atoms with Crippen LogP contribution in [0.4, 0.5) is 0 Å². The zero-order chi connectivity index (χ0) is 10.9. The number of carbonyl (C=O) groups excluding carboxylic acids is 1. The largest absolute Gasteiger partial charge is 0.353 e. The molecule has 0 unspecified atom stereocenters. The number of piperidine rings is 1. The molecule has 1 saturated heterocycles. The Hall–Kier alpha value is -0.610. The SMILES string of the molecule is COC1(OC)CCN(C(=O)C2CC2)CC1. The zero-order valence-corrected chi connectivity index (χ0v) is 9.49. The predicted octanol–water partition coefficient (Wildman–Crippen LogP) is 1.01. The number of hydrogen-bond acceptors (Lipinski definition) is 3. The molecule has 2 aliphatic rings. The minimum absolute atomic E-state index is 0.322. The van der Waals surface area contributed by atoms with Gasteiger partial charge in [0.25, 0.3) is 0 Å². The van der Waals surface area contributed by atoms with E-state index in [1.165, 1.54) is 0 Å². The van der Waals surface area contributed by atoms with E-state index in [1.807, 2.05) is 4.90 Å². The number of carbonyl (C=O) groups is 1.